The average Bonchev–Trinajstić information content (AvgIpc) is 2.74. The number of rotatable bonds is 6. The molecule has 0 unspecified atom stereocenters. The fourth-order valence-corrected chi connectivity index (χ4v) is 3.29. The van der Waals surface area contributed by atoms with E-state index in [2.05, 4.69) is 20.5 Å². The van der Waals surface area contributed by atoms with Gasteiger partial charge in [-0.15, -0.1) is 0 Å². The molecule has 0 radical (unpaired) electrons. The van der Waals surface area contributed by atoms with Crippen molar-refractivity contribution in [3.8, 4) is 0 Å². The molecule has 2 aromatic rings. The highest BCUT2D eigenvalue weighted by molar-refractivity contribution is 6.35. The van der Waals surface area contributed by atoms with Gasteiger partial charge in [-0.2, -0.15) is 0 Å². The van der Waals surface area contributed by atoms with E-state index in [1.54, 1.807) is 24.5 Å². The van der Waals surface area contributed by atoms with E-state index in [1.807, 2.05) is 24.3 Å². The predicted molar refractivity (Wildman–Crippen MR) is 106 cm³/mol. The molecule has 7 nitrogen and oxygen atoms in total. The minimum Gasteiger partial charge on any atom is -0.379 e. The van der Waals surface area contributed by atoms with Crippen LogP contribution in [0, 0.1) is 0 Å². The fraction of sp³-hybridized carbons (Fsp3) is 0.350. The Morgan fingerprint density at radius 3 is 2.57 bits per heavy atom. The van der Waals surface area contributed by atoms with Gasteiger partial charge in [-0.3, -0.25) is 19.5 Å². The Bertz CT molecular complexity index is 797. The molecule has 0 spiro atoms. The highest BCUT2D eigenvalue weighted by Gasteiger charge is 2.24. The third kappa shape index (κ3) is 5.51. The number of halogens is 1. The number of ether oxygens (including phenoxy) is 1. The number of morpholine rings is 1. The number of hydrogen-bond donors (Lipinski definition) is 2. The Labute approximate surface area is 169 Å². The van der Waals surface area contributed by atoms with Crippen LogP contribution in [-0.4, -0.2) is 54.5 Å². The quantitative estimate of drug-likeness (QED) is 0.716. The molecule has 2 heterocycles. The van der Waals surface area contributed by atoms with Crippen molar-refractivity contribution in [1.82, 2.24) is 20.5 Å². The van der Waals surface area contributed by atoms with Crippen molar-refractivity contribution in [3.63, 3.8) is 0 Å². The molecule has 148 valence electrons. The average molecular weight is 403 g/mol. The van der Waals surface area contributed by atoms with Crippen molar-refractivity contribution in [2.75, 3.05) is 32.8 Å². The lowest BCUT2D eigenvalue weighted by Crippen LogP contribution is -2.46. The summed E-state index contributed by atoms with van der Waals surface area (Å²) in [6, 6.07) is 10.9. The van der Waals surface area contributed by atoms with Crippen LogP contribution in [0.15, 0.2) is 48.8 Å². The monoisotopic (exact) mass is 402 g/mol. The molecule has 1 aliphatic heterocycles. The van der Waals surface area contributed by atoms with Gasteiger partial charge in [0, 0.05) is 43.6 Å². The van der Waals surface area contributed by atoms with Crippen LogP contribution in [0.4, 0.5) is 0 Å². The lowest BCUT2D eigenvalue weighted by Gasteiger charge is -2.34. The molecule has 0 saturated carbocycles. The van der Waals surface area contributed by atoms with Crippen LogP contribution in [0.5, 0.6) is 0 Å². The molecular formula is C20H23ClN4O3. The fourth-order valence-electron chi connectivity index (χ4n) is 3.09. The van der Waals surface area contributed by atoms with Crippen molar-refractivity contribution >= 4 is 23.4 Å². The van der Waals surface area contributed by atoms with E-state index < -0.39 is 11.8 Å². The van der Waals surface area contributed by atoms with E-state index >= 15 is 0 Å². The van der Waals surface area contributed by atoms with E-state index in [0.29, 0.717) is 24.8 Å². The summed E-state index contributed by atoms with van der Waals surface area (Å²) < 4.78 is 5.41. The van der Waals surface area contributed by atoms with E-state index in [4.69, 9.17) is 16.3 Å². The second-order valence-electron chi connectivity index (χ2n) is 6.43. The van der Waals surface area contributed by atoms with Crippen LogP contribution in [0.1, 0.15) is 17.2 Å². The molecule has 3 rings (SSSR count). The zero-order valence-corrected chi connectivity index (χ0v) is 16.2. The third-order valence-corrected chi connectivity index (χ3v) is 4.98. The summed E-state index contributed by atoms with van der Waals surface area (Å²) in [7, 11) is 0. The van der Waals surface area contributed by atoms with Gasteiger partial charge in [0.1, 0.15) is 0 Å². The Kier molecular flexibility index (Phi) is 7.36. The first-order valence-corrected chi connectivity index (χ1v) is 9.54. The van der Waals surface area contributed by atoms with Gasteiger partial charge in [-0.05, 0) is 23.3 Å². The van der Waals surface area contributed by atoms with Gasteiger partial charge >= 0.3 is 11.8 Å². The van der Waals surface area contributed by atoms with Gasteiger partial charge in [0.15, 0.2) is 0 Å². The number of benzene rings is 1. The minimum atomic E-state index is -0.688. The summed E-state index contributed by atoms with van der Waals surface area (Å²) >= 11 is 6.07. The molecule has 0 aliphatic carbocycles. The number of amides is 2. The highest BCUT2D eigenvalue weighted by atomic mass is 35.5. The van der Waals surface area contributed by atoms with Crippen molar-refractivity contribution in [3.05, 3.63) is 64.9 Å². The molecule has 8 heteroatoms. The Morgan fingerprint density at radius 2 is 1.86 bits per heavy atom. The van der Waals surface area contributed by atoms with E-state index in [1.165, 1.54) is 0 Å². The molecule has 1 aromatic carbocycles. The molecule has 1 atom stereocenters. The summed E-state index contributed by atoms with van der Waals surface area (Å²) in [5.74, 6) is -1.36. The van der Waals surface area contributed by atoms with Gasteiger partial charge < -0.3 is 15.4 Å². The smallest absolute Gasteiger partial charge is 0.309 e. The summed E-state index contributed by atoms with van der Waals surface area (Å²) in [6.07, 6.45) is 3.49. The predicted octanol–water partition coefficient (Wildman–Crippen LogP) is 1.54. The molecule has 1 saturated heterocycles. The second-order valence-corrected chi connectivity index (χ2v) is 6.84. The van der Waals surface area contributed by atoms with Gasteiger partial charge in [0.05, 0.1) is 19.3 Å². The maximum absolute atomic E-state index is 12.3. The van der Waals surface area contributed by atoms with Crippen LogP contribution >= 0.6 is 11.6 Å². The normalized spacial score (nSPS) is 15.6. The summed E-state index contributed by atoms with van der Waals surface area (Å²) in [5.41, 5.74) is 1.74. The molecule has 1 fully saturated rings. The Balaban J connectivity index is 1.56. The maximum atomic E-state index is 12.3. The molecule has 2 amide bonds. The first kappa shape index (κ1) is 20.3. The van der Waals surface area contributed by atoms with Crippen molar-refractivity contribution in [2.24, 2.45) is 0 Å². The van der Waals surface area contributed by atoms with E-state index in [9.17, 15) is 9.59 Å². The van der Waals surface area contributed by atoms with Gasteiger partial charge in [-0.25, -0.2) is 0 Å². The number of aromatic nitrogens is 1. The highest BCUT2D eigenvalue weighted by Crippen LogP contribution is 2.20. The van der Waals surface area contributed by atoms with Crippen LogP contribution in [0.3, 0.4) is 0 Å². The largest absolute Gasteiger partial charge is 0.379 e. The molecule has 0 bridgehead atoms. The van der Waals surface area contributed by atoms with Crippen LogP contribution in [-0.2, 0) is 20.9 Å². The number of carbonyl (C=O) groups excluding carboxylic acids is 2. The van der Waals surface area contributed by atoms with Gasteiger partial charge in [0.2, 0.25) is 0 Å². The maximum Gasteiger partial charge on any atom is 0.309 e. The van der Waals surface area contributed by atoms with Crippen molar-refractivity contribution in [1.29, 1.82) is 0 Å². The first-order chi connectivity index (χ1) is 13.6. The molecule has 1 aliphatic rings. The molecule has 1 aromatic heterocycles. The van der Waals surface area contributed by atoms with Crippen LogP contribution < -0.4 is 10.6 Å². The summed E-state index contributed by atoms with van der Waals surface area (Å²) in [4.78, 5) is 30.8. The zero-order chi connectivity index (χ0) is 19.8. The third-order valence-electron chi connectivity index (χ3n) is 4.62. The summed E-state index contributed by atoms with van der Waals surface area (Å²) in [5, 5.41) is 5.88. The topological polar surface area (TPSA) is 83.6 Å². The Morgan fingerprint density at radius 1 is 1.11 bits per heavy atom. The van der Waals surface area contributed by atoms with Crippen molar-refractivity contribution in [2.45, 2.75) is 12.6 Å². The number of carbonyl (C=O) groups is 2. The lowest BCUT2D eigenvalue weighted by atomic mass is 10.1. The number of nitrogens with one attached hydrogen (secondary N) is 2. The number of nitrogens with zero attached hydrogens (tertiary/aromatic N) is 2. The lowest BCUT2D eigenvalue weighted by molar-refractivity contribution is -0.139. The molecular weight excluding hydrogens is 380 g/mol. The minimum absolute atomic E-state index is 0.0714. The van der Waals surface area contributed by atoms with Crippen molar-refractivity contribution < 1.29 is 14.3 Å². The number of pyridine rings is 1. The van der Waals surface area contributed by atoms with Gasteiger partial charge in [-0.1, -0.05) is 35.9 Å². The molecule has 2 N–H and O–H groups in total. The molecule has 28 heavy (non-hydrogen) atoms. The van der Waals surface area contributed by atoms with Crippen LogP contribution in [0.25, 0.3) is 0 Å². The first-order valence-electron chi connectivity index (χ1n) is 9.16. The Hall–Kier alpha value is -2.48. The zero-order valence-electron chi connectivity index (χ0n) is 15.4. The summed E-state index contributed by atoms with van der Waals surface area (Å²) in [6.45, 7) is 3.31. The van der Waals surface area contributed by atoms with E-state index in [-0.39, 0.29) is 12.6 Å². The number of hydrogen-bond acceptors (Lipinski definition) is 5. The van der Waals surface area contributed by atoms with E-state index in [0.717, 1.165) is 24.2 Å². The second kappa shape index (κ2) is 10.2. The SMILES string of the molecule is O=C(NCc1ccccc1Cl)C(=O)NC[C@@H](c1cccnc1)N1CCOCC1. The van der Waals surface area contributed by atoms with Crippen LogP contribution in [0.2, 0.25) is 5.02 Å². The van der Waals surface area contributed by atoms with Gasteiger partial charge in [0.25, 0.3) is 0 Å². The standard InChI is InChI=1S/C20H23ClN4O3/c21-17-6-2-1-4-15(17)13-23-19(26)20(27)24-14-18(16-5-3-7-22-12-16)25-8-10-28-11-9-25/h1-7,12,18H,8-11,13-14H2,(H,23,26)(H,24,27)/t18-/m0/s1.